The molecule has 0 radical (unpaired) electrons. The molecule has 80 valence electrons. The summed E-state index contributed by atoms with van der Waals surface area (Å²) >= 11 is 5.91. The summed E-state index contributed by atoms with van der Waals surface area (Å²) in [7, 11) is 0. The third kappa shape index (κ3) is 3.45. The van der Waals surface area contributed by atoms with Gasteiger partial charge in [-0.2, -0.15) is 5.26 Å². The van der Waals surface area contributed by atoms with E-state index in [1.165, 1.54) is 12.8 Å². The van der Waals surface area contributed by atoms with Crippen molar-refractivity contribution in [1.82, 2.24) is 0 Å². The van der Waals surface area contributed by atoms with Gasteiger partial charge in [0.2, 0.25) is 0 Å². The van der Waals surface area contributed by atoms with Gasteiger partial charge in [0, 0.05) is 6.54 Å². The molecule has 0 heterocycles. The van der Waals surface area contributed by atoms with Crippen molar-refractivity contribution in [3.05, 3.63) is 28.8 Å². The molecule has 1 aromatic rings. The number of hydrogen-bond donors (Lipinski definition) is 1. The number of unbranched alkanes of at least 4 members (excludes halogenated alkanes) is 2. The first-order valence-electron chi connectivity index (χ1n) is 5.22. The Bertz CT molecular complexity index is 355. The molecule has 1 aromatic carbocycles. The fourth-order valence-electron chi connectivity index (χ4n) is 1.38. The molecule has 0 fully saturated rings. The summed E-state index contributed by atoms with van der Waals surface area (Å²) in [6.45, 7) is 3.06. The average molecular weight is 223 g/mol. The number of nitriles is 1. The summed E-state index contributed by atoms with van der Waals surface area (Å²) in [5.41, 5.74) is 1.37. The molecule has 0 saturated carbocycles. The van der Waals surface area contributed by atoms with Gasteiger partial charge in [-0.3, -0.25) is 0 Å². The van der Waals surface area contributed by atoms with Crippen LogP contribution in [0.1, 0.15) is 31.7 Å². The van der Waals surface area contributed by atoms with Crippen molar-refractivity contribution in [3.8, 4) is 6.07 Å². The van der Waals surface area contributed by atoms with Gasteiger partial charge in [0.05, 0.1) is 16.3 Å². The molecular formula is C12H15ClN2. The Kier molecular flexibility index (Phi) is 5.00. The lowest BCUT2D eigenvalue weighted by Crippen LogP contribution is -2.03. The SMILES string of the molecule is CCCCCNc1cccc(Cl)c1C#N. The molecule has 0 atom stereocenters. The van der Waals surface area contributed by atoms with Crippen LogP contribution in [0.25, 0.3) is 0 Å². The maximum absolute atomic E-state index is 8.93. The van der Waals surface area contributed by atoms with Crippen molar-refractivity contribution < 1.29 is 0 Å². The van der Waals surface area contributed by atoms with Crippen LogP contribution in [0.4, 0.5) is 5.69 Å². The van der Waals surface area contributed by atoms with Crippen LogP contribution in [-0.4, -0.2) is 6.54 Å². The summed E-state index contributed by atoms with van der Waals surface area (Å²) in [6, 6.07) is 7.58. The van der Waals surface area contributed by atoms with E-state index in [0.29, 0.717) is 10.6 Å². The topological polar surface area (TPSA) is 35.8 Å². The fraction of sp³-hybridized carbons (Fsp3) is 0.417. The number of anilines is 1. The Morgan fingerprint density at radius 1 is 1.40 bits per heavy atom. The normalized spacial score (nSPS) is 9.67. The van der Waals surface area contributed by atoms with Crippen LogP contribution < -0.4 is 5.32 Å². The highest BCUT2D eigenvalue weighted by molar-refractivity contribution is 6.32. The number of nitrogens with one attached hydrogen (secondary N) is 1. The van der Waals surface area contributed by atoms with E-state index < -0.39 is 0 Å². The first-order valence-corrected chi connectivity index (χ1v) is 5.60. The third-order valence-electron chi connectivity index (χ3n) is 2.22. The summed E-state index contributed by atoms with van der Waals surface area (Å²) in [6.07, 6.45) is 3.52. The van der Waals surface area contributed by atoms with Crippen molar-refractivity contribution in [2.24, 2.45) is 0 Å². The largest absolute Gasteiger partial charge is 0.384 e. The smallest absolute Gasteiger partial charge is 0.103 e. The van der Waals surface area contributed by atoms with Gasteiger partial charge in [0.1, 0.15) is 6.07 Å². The maximum atomic E-state index is 8.93. The Balaban J connectivity index is 2.61. The van der Waals surface area contributed by atoms with Crippen LogP contribution in [0.3, 0.4) is 0 Å². The predicted octanol–water partition coefficient (Wildman–Crippen LogP) is 3.81. The quantitative estimate of drug-likeness (QED) is 0.769. The highest BCUT2D eigenvalue weighted by atomic mass is 35.5. The molecule has 0 bridgehead atoms. The lowest BCUT2D eigenvalue weighted by Gasteiger charge is -2.08. The number of halogens is 1. The Hall–Kier alpha value is -1.20. The van der Waals surface area contributed by atoms with Crippen molar-refractivity contribution in [1.29, 1.82) is 5.26 Å². The minimum absolute atomic E-state index is 0.512. The van der Waals surface area contributed by atoms with E-state index in [1.807, 2.05) is 12.1 Å². The number of rotatable bonds is 5. The van der Waals surface area contributed by atoms with E-state index in [9.17, 15) is 0 Å². The van der Waals surface area contributed by atoms with E-state index in [0.717, 1.165) is 18.7 Å². The maximum Gasteiger partial charge on any atom is 0.103 e. The molecule has 3 heteroatoms. The zero-order valence-corrected chi connectivity index (χ0v) is 9.64. The predicted molar refractivity (Wildman–Crippen MR) is 64.2 cm³/mol. The molecule has 0 unspecified atom stereocenters. The van der Waals surface area contributed by atoms with Gasteiger partial charge in [-0.1, -0.05) is 37.4 Å². The van der Waals surface area contributed by atoms with Gasteiger partial charge in [0.15, 0.2) is 0 Å². The molecule has 0 aliphatic rings. The highest BCUT2D eigenvalue weighted by Gasteiger charge is 2.04. The molecule has 0 aromatic heterocycles. The van der Waals surface area contributed by atoms with Gasteiger partial charge >= 0.3 is 0 Å². The van der Waals surface area contributed by atoms with Crippen LogP contribution in [0.5, 0.6) is 0 Å². The zero-order chi connectivity index (χ0) is 11.1. The standard InChI is InChI=1S/C12H15ClN2/c1-2-3-4-8-15-12-7-5-6-11(13)10(12)9-14/h5-7,15H,2-4,8H2,1H3. The van der Waals surface area contributed by atoms with Gasteiger partial charge in [-0.25, -0.2) is 0 Å². The van der Waals surface area contributed by atoms with Crippen LogP contribution in [0.15, 0.2) is 18.2 Å². The Morgan fingerprint density at radius 3 is 2.87 bits per heavy atom. The molecule has 0 spiro atoms. The second-order valence-electron chi connectivity index (χ2n) is 3.41. The van der Waals surface area contributed by atoms with Crippen LogP contribution in [0, 0.1) is 11.3 Å². The monoisotopic (exact) mass is 222 g/mol. The van der Waals surface area contributed by atoms with Gasteiger partial charge in [-0.15, -0.1) is 0 Å². The Morgan fingerprint density at radius 2 is 2.20 bits per heavy atom. The van der Waals surface area contributed by atoms with E-state index in [1.54, 1.807) is 6.07 Å². The van der Waals surface area contributed by atoms with Gasteiger partial charge in [0.25, 0.3) is 0 Å². The second kappa shape index (κ2) is 6.31. The number of hydrogen-bond acceptors (Lipinski definition) is 2. The lowest BCUT2D eigenvalue weighted by atomic mass is 10.2. The molecule has 0 aliphatic heterocycles. The van der Waals surface area contributed by atoms with Crippen LogP contribution >= 0.6 is 11.6 Å². The summed E-state index contributed by atoms with van der Waals surface area (Å²) in [4.78, 5) is 0. The van der Waals surface area contributed by atoms with Crippen molar-refractivity contribution in [2.45, 2.75) is 26.2 Å². The number of benzene rings is 1. The van der Waals surface area contributed by atoms with Crippen LogP contribution in [0.2, 0.25) is 5.02 Å². The molecular weight excluding hydrogens is 208 g/mol. The first kappa shape index (κ1) is 11.9. The molecule has 0 saturated heterocycles. The fourth-order valence-corrected chi connectivity index (χ4v) is 1.60. The third-order valence-corrected chi connectivity index (χ3v) is 2.54. The highest BCUT2D eigenvalue weighted by Crippen LogP contribution is 2.23. The van der Waals surface area contributed by atoms with E-state index in [2.05, 4.69) is 18.3 Å². The first-order chi connectivity index (χ1) is 7.29. The lowest BCUT2D eigenvalue weighted by molar-refractivity contribution is 0.743. The van der Waals surface area contributed by atoms with Crippen molar-refractivity contribution in [3.63, 3.8) is 0 Å². The Labute approximate surface area is 95.9 Å². The van der Waals surface area contributed by atoms with E-state index >= 15 is 0 Å². The van der Waals surface area contributed by atoms with E-state index in [4.69, 9.17) is 16.9 Å². The molecule has 2 nitrogen and oxygen atoms in total. The molecule has 1 rings (SSSR count). The summed E-state index contributed by atoms with van der Waals surface area (Å²) in [5, 5.41) is 12.7. The molecule has 15 heavy (non-hydrogen) atoms. The van der Waals surface area contributed by atoms with Gasteiger partial charge < -0.3 is 5.32 Å². The van der Waals surface area contributed by atoms with E-state index in [-0.39, 0.29) is 0 Å². The molecule has 0 aliphatic carbocycles. The minimum atomic E-state index is 0.512. The number of nitrogens with zero attached hydrogens (tertiary/aromatic N) is 1. The zero-order valence-electron chi connectivity index (χ0n) is 8.89. The van der Waals surface area contributed by atoms with Crippen molar-refractivity contribution >= 4 is 17.3 Å². The average Bonchev–Trinajstić information content (AvgIpc) is 2.24. The summed E-state index contributed by atoms with van der Waals surface area (Å²) < 4.78 is 0. The molecule has 0 amide bonds. The van der Waals surface area contributed by atoms with Crippen molar-refractivity contribution in [2.75, 3.05) is 11.9 Å². The summed E-state index contributed by atoms with van der Waals surface area (Å²) in [5.74, 6) is 0. The molecule has 1 N–H and O–H groups in total. The second-order valence-corrected chi connectivity index (χ2v) is 3.82. The van der Waals surface area contributed by atoms with Gasteiger partial charge in [-0.05, 0) is 18.6 Å². The minimum Gasteiger partial charge on any atom is -0.384 e. The van der Waals surface area contributed by atoms with Crippen LogP contribution in [-0.2, 0) is 0 Å².